The van der Waals surface area contributed by atoms with Crippen LogP contribution in [0.15, 0.2) is 46.9 Å². The summed E-state index contributed by atoms with van der Waals surface area (Å²) in [5.41, 5.74) is 3.81. The number of aryl methyl sites for hydroxylation is 1. The molecule has 3 heteroatoms. The highest BCUT2D eigenvalue weighted by atomic mass is 16.5. The molecule has 3 rings (SSSR count). The fourth-order valence-electron chi connectivity index (χ4n) is 1.94. The van der Waals surface area contributed by atoms with Gasteiger partial charge in [0.25, 0.3) is 0 Å². The fourth-order valence-corrected chi connectivity index (χ4v) is 1.94. The van der Waals surface area contributed by atoms with Crippen LogP contribution in [0.5, 0.6) is 5.75 Å². The van der Waals surface area contributed by atoms with E-state index in [4.69, 9.17) is 9.15 Å². The summed E-state index contributed by atoms with van der Waals surface area (Å²) in [5, 5.41) is 0. The van der Waals surface area contributed by atoms with Crippen molar-refractivity contribution in [3.63, 3.8) is 0 Å². The van der Waals surface area contributed by atoms with Gasteiger partial charge in [-0.3, -0.25) is 0 Å². The molecule has 20 heavy (non-hydrogen) atoms. The second-order valence-corrected chi connectivity index (χ2v) is 4.17. The molecule has 0 saturated carbocycles. The van der Waals surface area contributed by atoms with E-state index in [9.17, 15) is 0 Å². The zero-order valence-corrected chi connectivity index (χ0v) is 12.3. The van der Waals surface area contributed by atoms with Gasteiger partial charge in [0.15, 0.2) is 5.58 Å². The van der Waals surface area contributed by atoms with Crippen LogP contribution in [0.3, 0.4) is 0 Å². The molecule has 3 aromatic rings. The molecule has 0 aliphatic carbocycles. The minimum absolute atomic E-state index is 0.641. The summed E-state index contributed by atoms with van der Waals surface area (Å²) in [6, 6.07) is 13.6. The maximum absolute atomic E-state index is 5.76. The van der Waals surface area contributed by atoms with Crippen molar-refractivity contribution in [2.24, 2.45) is 0 Å². The Balaban J connectivity index is 0.000000704. The van der Waals surface area contributed by atoms with Crippen LogP contribution < -0.4 is 4.74 Å². The number of methoxy groups -OCH3 is 1. The highest BCUT2D eigenvalue weighted by Crippen LogP contribution is 2.27. The molecule has 0 N–H and O–H groups in total. The average molecular weight is 269 g/mol. The van der Waals surface area contributed by atoms with Gasteiger partial charge in [0, 0.05) is 5.56 Å². The van der Waals surface area contributed by atoms with E-state index >= 15 is 0 Å². The topological polar surface area (TPSA) is 35.3 Å². The van der Waals surface area contributed by atoms with E-state index in [1.807, 2.05) is 63.2 Å². The van der Waals surface area contributed by atoms with Crippen molar-refractivity contribution in [1.29, 1.82) is 0 Å². The number of fused-ring (bicyclic) bond motifs is 1. The lowest BCUT2D eigenvalue weighted by Crippen LogP contribution is -1.82. The number of hydrogen-bond acceptors (Lipinski definition) is 3. The summed E-state index contributed by atoms with van der Waals surface area (Å²) in [6.45, 7) is 6.03. The first-order valence-electron chi connectivity index (χ1n) is 6.78. The third-order valence-electron chi connectivity index (χ3n) is 2.96. The first-order chi connectivity index (χ1) is 9.78. The Hall–Kier alpha value is -2.29. The van der Waals surface area contributed by atoms with E-state index in [0.717, 1.165) is 28.0 Å². The van der Waals surface area contributed by atoms with Gasteiger partial charge in [-0.1, -0.05) is 26.0 Å². The molecule has 0 amide bonds. The third-order valence-corrected chi connectivity index (χ3v) is 2.96. The van der Waals surface area contributed by atoms with Crippen molar-refractivity contribution >= 4 is 11.1 Å². The van der Waals surface area contributed by atoms with Gasteiger partial charge < -0.3 is 9.15 Å². The fraction of sp³-hybridized carbons (Fsp3) is 0.235. The molecule has 3 nitrogen and oxygen atoms in total. The van der Waals surface area contributed by atoms with E-state index < -0.39 is 0 Å². The van der Waals surface area contributed by atoms with Gasteiger partial charge in [0.2, 0.25) is 5.89 Å². The second-order valence-electron chi connectivity index (χ2n) is 4.17. The summed E-state index contributed by atoms with van der Waals surface area (Å²) < 4.78 is 10.9. The number of rotatable bonds is 2. The molecule has 0 unspecified atom stereocenters. The highest BCUT2D eigenvalue weighted by molar-refractivity contribution is 5.79. The maximum Gasteiger partial charge on any atom is 0.227 e. The maximum atomic E-state index is 5.76. The zero-order valence-electron chi connectivity index (χ0n) is 12.3. The molecule has 2 aromatic carbocycles. The number of ether oxygens (including phenoxy) is 1. The molecular formula is C17H19NO2. The molecule has 104 valence electrons. The van der Waals surface area contributed by atoms with Crippen molar-refractivity contribution in [2.75, 3.05) is 7.11 Å². The van der Waals surface area contributed by atoms with Crippen LogP contribution in [0.25, 0.3) is 22.6 Å². The van der Waals surface area contributed by atoms with Crippen LogP contribution in [-0.4, -0.2) is 12.1 Å². The highest BCUT2D eigenvalue weighted by Gasteiger charge is 2.09. The molecule has 0 fully saturated rings. The van der Waals surface area contributed by atoms with Crippen molar-refractivity contribution in [1.82, 2.24) is 4.98 Å². The molecule has 0 saturated heterocycles. The lowest BCUT2D eigenvalue weighted by Gasteiger charge is -1.99. The Morgan fingerprint density at radius 3 is 2.30 bits per heavy atom. The molecule has 1 aromatic heterocycles. The van der Waals surface area contributed by atoms with Crippen LogP contribution in [-0.2, 0) is 0 Å². The Kier molecular flexibility index (Phi) is 4.41. The molecule has 0 spiro atoms. The van der Waals surface area contributed by atoms with Crippen LogP contribution in [0.2, 0.25) is 0 Å². The molecular weight excluding hydrogens is 250 g/mol. The number of aromatic nitrogens is 1. The quantitative estimate of drug-likeness (QED) is 0.668. The Morgan fingerprint density at radius 1 is 1.00 bits per heavy atom. The predicted molar refractivity (Wildman–Crippen MR) is 82.1 cm³/mol. The summed E-state index contributed by atoms with van der Waals surface area (Å²) >= 11 is 0. The standard InChI is InChI=1S/C15H13NO2.C2H6/c1-10-4-3-5-13-14(10)16-15(18-13)11-6-8-12(17-2)9-7-11;1-2/h3-9H,1-2H3;1-2H3. The first-order valence-corrected chi connectivity index (χ1v) is 6.78. The summed E-state index contributed by atoms with van der Waals surface area (Å²) in [7, 11) is 1.65. The molecule has 1 heterocycles. The minimum Gasteiger partial charge on any atom is -0.497 e. The SMILES string of the molecule is CC.COc1ccc(-c2nc3c(C)cccc3o2)cc1. The normalized spacial score (nSPS) is 10.0. The predicted octanol–water partition coefficient (Wildman–Crippen LogP) is 4.84. The summed E-state index contributed by atoms with van der Waals surface area (Å²) in [6.07, 6.45) is 0. The average Bonchev–Trinajstić information content (AvgIpc) is 2.95. The number of hydrogen-bond donors (Lipinski definition) is 0. The molecule has 0 radical (unpaired) electrons. The monoisotopic (exact) mass is 269 g/mol. The largest absolute Gasteiger partial charge is 0.497 e. The Morgan fingerprint density at radius 2 is 1.70 bits per heavy atom. The minimum atomic E-state index is 0.641. The molecule has 0 aliphatic heterocycles. The van der Waals surface area contributed by atoms with Crippen molar-refractivity contribution in [2.45, 2.75) is 20.8 Å². The second kappa shape index (κ2) is 6.24. The van der Waals surface area contributed by atoms with Crippen LogP contribution in [0.1, 0.15) is 19.4 Å². The molecule has 0 atom stereocenters. The van der Waals surface area contributed by atoms with Crippen LogP contribution in [0.4, 0.5) is 0 Å². The van der Waals surface area contributed by atoms with Gasteiger partial charge in [0.1, 0.15) is 11.3 Å². The first kappa shape index (κ1) is 14.1. The number of oxazole rings is 1. The number of nitrogens with zero attached hydrogens (tertiary/aromatic N) is 1. The van der Waals surface area contributed by atoms with E-state index in [-0.39, 0.29) is 0 Å². The smallest absolute Gasteiger partial charge is 0.227 e. The van der Waals surface area contributed by atoms with E-state index in [2.05, 4.69) is 4.98 Å². The van der Waals surface area contributed by atoms with Gasteiger partial charge in [-0.15, -0.1) is 0 Å². The summed E-state index contributed by atoms with van der Waals surface area (Å²) in [4.78, 5) is 4.53. The van der Waals surface area contributed by atoms with E-state index in [0.29, 0.717) is 5.89 Å². The van der Waals surface area contributed by atoms with Crippen molar-refractivity contribution < 1.29 is 9.15 Å². The lowest BCUT2D eigenvalue weighted by atomic mass is 10.2. The molecule has 0 aliphatic rings. The van der Waals surface area contributed by atoms with Gasteiger partial charge in [-0.25, -0.2) is 4.98 Å². The third kappa shape index (κ3) is 2.67. The zero-order chi connectivity index (χ0) is 14.5. The van der Waals surface area contributed by atoms with Crippen LogP contribution in [0, 0.1) is 6.92 Å². The van der Waals surface area contributed by atoms with E-state index in [1.165, 1.54) is 0 Å². The Bertz CT molecular complexity index is 684. The van der Waals surface area contributed by atoms with Crippen LogP contribution >= 0.6 is 0 Å². The van der Waals surface area contributed by atoms with E-state index in [1.54, 1.807) is 7.11 Å². The van der Waals surface area contributed by atoms with Gasteiger partial charge in [-0.05, 0) is 42.8 Å². The summed E-state index contributed by atoms with van der Waals surface area (Å²) in [5.74, 6) is 1.47. The number of para-hydroxylation sites is 1. The van der Waals surface area contributed by atoms with Crippen molar-refractivity contribution in [3.05, 3.63) is 48.0 Å². The van der Waals surface area contributed by atoms with Crippen molar-refractivity contribution in [3.8, 4) is 17.2 Å². The number of benzene rings is 2. The van der Waals surface area contributed by atoms with Gasteiger partial charge >= 0.3 is 0 Å². The Labute approximate surface area is 119 Å². The van der Waals surface area contributed by atoms with Gasteiger partial charge in [0.05, 0.1) is 7.11 Å². The van der Waals surface area contributed by atoms with Gasteiger partial charge in [-0.2, -0.15) is 0 Å². The molecule has 0 bridgehead atoms. The lowest BCUT2D eigenvalue weighted by molar-refractivity contribution is 0.415.